The molecule has 3 aromatic rings. The second-order valence-corrected chi connectivity index (χ2v) is 7.26. The molecule has 0 saturated carbocycles. The Labute approximate surface area is 169 Å². The maximum Gasteiger partial charge on any atom is 0.146 e. The van der Waals surface area contributed by atoms with Crippen molar-refractivity contribution in [1.82, 2.24) is 9.88 Å². The predicted molar refractivity (Wildman–Crippen MR) is 109 cm³/mol. The van der Waals surface area contributed by atoms with Gasteiger partial charge in [0.25, 0.3) is 0 Å². The normalized spacial score (nSPS) is 16.0. The molecule has 29 heavy (non-hydrogen) atoms. The first-order valence-corrected chi connectivity index (χ1v) is 9.70. The van der Waals surface area contributed by atoms with E-state index in [4.69, 9.17) is 0 Å². The van der Waals surface area contributed by atoms with E-state index in [-0.39, 0.29) is 11.6 Å². The minimum Gasteiger partial charge on any atom is -0.384 e. The third kappa shape index (κ3) is 4.44. The molecule has 1 atom stereocenters. The Morgan fingerprint density at radius 3 is 2.48 bits per heavy atom. The quantitative estimate of drug-likeness (QED) is 0.714. The minimum atomic E-state index is -0.945. The van der Waals surface area contributed by atoms with Gasteiger partial charge in [0, 0.05) is 56.2 Å². The standard InChI is InChI=1S/C23H23F2N3O/c24-19-6-1-4-17(14-19)16-27-10-12-28(13-11-27)22-20(7-2-8-21(22)25)23(29)18-5-3-9-26-15-18/h1-9,14-15,23,29H,10-13,16H2. The lowest BCUT2D eigenvalue weighted by Crippen LogP contribution is -2.46. The summed E-state index contributed by atoms with van der Waals surface area (Å²) >= 11 is 0. The predicted octanol–water partition coefficient (Wildman–Crippen LogP) is 3.76. The molecule has 0 amide bonds. The van der Waals surface area contributed by atoms with Gasteiger partial charge in [-0.05, 0) is 29.8 Å². The number of nitrogens with zero attached hydrogens (tertiary/aromatic N) is 3. The number of hydrogen-bond donors (Lipinski definition) is 1. The Kier molecular flexibility index (Phi) is 5.83. The highest BCUT2D eigenvalue weighted by Crippen LogP contribution is 2.33. The van der Waals surface area contributed by atoms with Gasteiger partial charge in [-0.3, -0.25) is 9.88 Å². The van der Waals surface area contributed by atoms with Crippen molar-refractivity contribution < 1.29 is 13.9 Å². The molecule has 150 valence electrons. The molecular weight excluding hydrogens is 372 g/mol. The molecule has 1 aliphatic heterocycles. The minimum absolute atomic E-state index is 0.235. The molecular formula is C23H23F2N3O. The number of piperazine rings is 1. The van der Waals surface area contributed by atoms with Crippen molar-refractivity contribution in [1.29, 1.82) is 0 Å². The number of halogens is 2. The van der Waals surface area contributed by atoms with Crippen LogP contribution < -0.4 is 4.90 Å². The molecule has 1 fully saturated rings. The average Bonchev–Trinajstić information content (AvgIpc) is 2.74. The molecule has 6 heteroatoms. The molecule has 0 radical (unpaired) electrons. The summed E-state index contributed by atoms with van der Waals surface area (Å²) in [4.78, 5) is 8.26. The Hall–Kier alpha value is -2.83. The summed E-state index contributed by atoms with van der Waals surface area (Å²) < 4.78 is 28.2. The molecule has 1 N–H and O–H groups in total. The van der Waals surface area contributed by atoms with E-state index < -0.39 is 6.10 Å². The van der Waals surface area contributed by atoms with Gasteiger partial charge < -0.3 is 10.0 Å². The second-order valence-electron chi connectivity index (χ2n) is 7.26. The number of hydrogen-bond acceptors (Lipinski definition) is 4. The van der Waals surface area contributed by atoms with Crippen molar-refractivity contribution in [2.75, 3.05) is 31.1 Å². The fourth-order valence-electron chi connectivity index (χ4n) is 3.83. The molecule has 4 nitrogen and oxygen atoms in total. The Morgan fingerprint density at radius 2 is 1.76 bits per heavy atom. The molecule has 0 spiro atoms. The van der Waals surface area contributed by atoms with E-state index in [1.54, 1.807) is 48.8 Å². The topological polar surface area (TPSA) is 39.6 Å². The molecule has 1 aliphatic rings. The van der Waals surface area contributed by atoms with Crippen molar-refractivity contribution in [2.24, 2.45) is 0 Å². The van der Waals surface area contributed by atoms with Crippen LogP contribution in [0.25, 0.3) is 0 Å². The van der Waals surface area contributed by atoms with Crippen LogP contribution in [0.2, 0.25) is 0 Å². The lowest BCUT2D eigenvalue weighted by atomic mass is 9.99. The molecule has 0 aliphatic carbocycles. The van der Waals surface area contributed by atoms with Crippen LogP contribution in [0.15, 0.2) is 67.0 Å². The SMILES string of the molecule is OC(c1cccnc1)c1cccc(F)c1N1CCN(Cc2cccc(F)c2)CC1. The van der Waals surface area contributed by atoms with Gasteiger partial charge in [-0.15, -0.1) is 0 Å². The summed E-state index contributed by atoms with van der Waals surface area (Å²) in [6.45, 7) is 3.38. The van der Waals surface area contributed by atoms with Gasteiger partial charge in [0.15, 0.2) is 0 Å². The summed E-state index contributed by atoms with van der Waals surface area (Å²) in [7, 11) is 0. The summed E-state index contributed by atoms with van der Waals surface area (Å²) in [6, 6.07) is 14.9. The van der Waals surface area contributed by atoms with Crippen LogP contribution in [0.4, 0.5) is 14.5 Å². The smallest absolute Gasteiger partial charge is 0.146 e. The van der Waals surface area contributed by atoms with E-state index in [1.807, 2.05) is 11.0 Å². The van der Waals surface area contributed by atoms with Gasteiger partial charge in [-0.1, -0.05) is 30.3 Å². The number of para-hydroxylation sites is 1. The van der Waals surface area contributed by atoms with Crippen LogP contribution in [0.5, 0.6) is 0 Å². The fraction of sp³-hybridized carbons (Fsp3) is 0.261. The summed E-state index contributed by atoms with van der Waals surface area (Å²) in [5.41, 5.74) is 2.53. The van der Waals surface area contributed by atoms with Gasteiger partial charge in [0.1, 0.15) is 17.7 Å². The molecule has 4 rings (SSSR count). The van der Waals surface area contributed by atoms with E-state index in [1.165, 1.54) is 12.1 Å². The zero-order valence-electron chi connectivity index (χ0n) is 16.0. The maximum atomic E-state index is 14.8. The third-order valence-corrected chi connectivity index (χ3v) is 5.30. The van der Waals surface area contributed by atoms with Crippen LogP contribution >= 0.6 is 0 Å². The van der Waals surface area contributed by atoms with E-state index in [2.05, 4.69) is 9.88 Å². The van der Waals surface area contributed by atoms with Crippen molar-refractivity contribution in [3.05, 3.63) is 95.3 Å². The Bertz CT molecular complexity index is 959. The van der Waals surface area contributed by atoms with Crippen molar-refractivity contribution in [3.63, 3.8) is 0 Å². The lowest BCUT2D eigenvalue weighted by molar-refractivity contribution is 0.218. The van der Waals surface area contributed by atoms with Crippen molar-refractivity contribution >= 4 is 5.69 Å². The van der Waals surface area contributed by atoms with E-state index in [0.717, 1.165) is 18.7 Å². The van der Waals surface area contributed by atoms with Crippen molar-refractivity contribution in [3.8, 4) is 0 Å². The van der Waals surface area contributed by atoms with Crippen LogP contribution in [0.3, 0.4) is 0 Å². The summed E-state index contributed by atoms with van der Waals surface area (Å²) in [6.07, 6.45) is 2.29. The molecule has 0 bridgehead atoms. The average molecular weight is 395 g/mol. The van der Waals surface area contributed by atoms with E-state index in [9.17, 15) is 13.9 Å². The van der Waals surface area contributed by atoms with E-state index in [0.29, 0.717) is 36.4 Å². The highest BCUT2D eigenvalue weighted by atomic mass is 19.1. The summed E-state index contributed by atoms with van der Waals surface area (Å²) in [5, 5.41) is 10.8. The van der Waals surface area contributed by atoms with Gasteiger partial charge in [-0.25, -0.2) is 8.78 Å². The first-order valence-electron chi connectivity index (χ1n) is 9.70. The molecule has 2 aromatic carbocycles. The number of aliphatic hydroxyl groups excluding tert-OH is 1. The fourth-order valence-corrected chi connectivity index (χ4v) is 3.83. The van der Waals surface area contributed by atoms with Gasteiger partial charge >= 0.3 is 0 Å². The highest BCUT2D eigenvalue weighted by molar-refractivity contribution is 5.58. The van der Waals surface area contributed by atoms with Crippen LogP contribution in [0, 0.1) is 11.6 Å². The number of anilines is 1. The number of pyridine rings is 1. The third-order valence-electron chi connectivity index (χ3n) is 5.30. The first-order chi connectivity index (χ1) is 14.1. The maximum absolute atomic E-state index is 14.8. The van der Waals surface area contributed by atoms with Gasteiger partial charge in [-0.2, -0.15) is 0 Å². The number of aromatic nitrogens is 1. The molecule has 1 saturated heterocycles. The molecule has 2 heterocycles. The molecule has 1 unspecified atom stereocenters. The van der Waals surface area contributed by atoms with Crippen LogP contribution in [-0.2, 0) is 6.54 Å². The Morgan fingerprint density at radius 1 is 0.966 bits per heavy atom. The molecule has 1 aromatic heterocycles. The number of rotatable bonds is 5. The lowest BCUT2D eigenvalue weighted by Gasteiger charge is -2.37. The second kappa shape index (κ2) is 8.68. The summed E-state index contributed by atoms with van der Waals surface area (Å²) in [5.74, 6) is -0.578. The van der Waals surface area contributed by atoms with E-state index >= 15 is 0 Å². The zero-order chi connectivity index (χ0) is 20.2. The van der Waals surface area contributed by atoms with Crippen LogP contribution in [0.1, 0.15) is 22.8 Å². The first kappa shape index (κ1) is 19.5. The highest BCUT2D eigenvalue weighted by Gasteiger charge is 2.25. The van der Waals surface area contributed by atoms with Crippen molar-refractivity contribution in [2.45, 2.75) is 12.6 Å². The van der Waals surface area contributed by atoms with Gasteiger partial charge in [0.2, 0.25) is 0 Å². The van der Waals surface area contributed by atoms with Gasteiger partial charge in [0.05, 0.1) is 5.69 Å². The number of benzene rings is 2. The van der Waals surface area contributed by atoms with Crippen LogP contribution in [-0.4, -0.2) is 41.2 Å². The Balaban J connectivity index is 1.50. The monoisotopic (exact) mass is 395 g/mol. The largest absolute Gasteiger partial charge is 0.384 e. The zero-order valence-corrected chi connectivity index (χ0v) is 16.0. The number of aliphatic hydroxyl groups is 1.